The second-order valence-corrected chi connectivity index (χ2v) is 5.90. The maximum Gasteiger partial charge on any atom is 0.127 e. The number of nitrogens with zero attached hydrogens (tertiary/aromatic N) is 1. The topological polar surface area (TPSA) is 54.0 Å². The molecule has 2 N–H and O–H groups in total. The number of nitrogens with one attached hydrogen (secondary N) is 1. The van der Waals surface area contributed by atoms with Crippen molar-refractivity contribution in [3.05, 3.63) is 23.8 Å². The van der Waals surface area contributed by atoms with E-state index in [-0.39, 0.29) is 12.1 Å². The number of aliphatic hydroxyl groups excluding tert-OH is 1. The molecule has 2 unspecified atom stereocenters. The molecule has 0 amide bonds. The third-order valence-corrected chi connectivity index (χ3v) is 4.23. The predicted molar refractivity (Wildman–Crippen MR) is 87.6 cm³/mol. The molecule has 0 spiro atoms. The Bertz CT molecular complexity index is 461. The molecular weight excluding hydrogens is 280 g/mol. The number of hydrogen-bond acceptors (Lipinski definition) is 5. The van der Waals surface area contributed by atoms with E-state index in [0.717, 1.165) is 36.7 Å². The van der Waals surface area contributed by atoms with Crippen LogP contribution in [0.3, 0.4) is 0 Å². The van der Waals surface area contributed by atoms with Crippen molar-refractivity contribution in [2.24, 2.45) is 0 Å². The Balaban J connectivity index is 1.86. The van der Waals surface area contributed by atoms with Gasteiger partial charge in [0.25, 0.3) is 0 Å². The molecule has 0 radical (unpaired) electrons. The van der Waals surface area contributed by atoms with Crippen molar-refractivity contribution < 1.29 is 14.6 Å². The summed E-state index contributed by atoms with van der Waals surface area (Å²) in [6, 6.07) is 5.92. The largest absolute Gasteiger partial charge is 0.497 e. The Morgan fingerprint density at radius 1 is 1.23 bits per heavy atom. The van der Waals surface area contributed by atoms with Gasteiger partial charge in [0.05, 0.1) is 20.3 Å². The maximum atomic E-state index is 10.2. The Labute approximate surface area is 133 Å². The summed E-state index contributed by atoms with van der Waals surface area (Å²) in [5.41, 5.74) is 1.07. The Morgan fingerprint density at radius 2 is 1.95 bits per heavy atom. The van der Waals surface area contributed by atoms with Gasteiger partial charge in [0.2, 0.25) is 0 Å². The lowest BCUT2D eigenvalue weighted by Crippen LogP contribution is -2.37. The van der Waals surface area contributed by atoms with E-state index in [1.54, 1.807) is 14.2 Å². The van der Waals surface area contributed by atoms with Crippen LogP contribution in [0.1, 0.15) is 31.4 Å². The Kier molecular flexibility index (Phi) is 6.49. The molecule has 2 rings (SSSR count). The molecule has 1 fully saturated rings. The van der Waals surface area contributed by atoms with E-state index in [0.29, 0.717) is 6.54 Å². The van der Waals surface area contributed by atoms with Gasteiger partial charge in [0, 0.05) is 30.8 Å². The molecule has 0 bridgehead atoms. The zero-order valence-electron chi connectivity index (χ0n) is 13.8. The molecular formula is C17H28N2O3. The van der Waals surface area contributed by atoms with Crippen molar-refractivity contribution in [1.29, 1.82) is 0 Å². The van der Waals surface area contributed by atoms with E-state index in [1.807, 2.05) is 18.2 Å². The summed E-state index contributed by atoms with van der Waals surface area (Å²) in [6.45, 7) is 5.62. The minimum atomic E-state index is -0.343. The van der Waals surface area contributed by atoms with Crippen LogP contribution < -0.4 is 14.8 Å². The molecule has 2 atom stereocenters. The number of benzene rings is 1. The fraction of sp³-hybridized carbons (Fsp3) is 0.647. The van der Waals surface area contributed by atoms with Crippen molar-refractivity contribution in [2.75, 3.05) is 40.4 Å². The second-order valence-electron chi connectivity index (χ2n) is 5.90. The van der Waals surface area contributed by atoms with Gasteiger partial charge in [-0.25, -0.2) is 0 Å². The van der Waals surface area contributed by atoms with E-state index in [4.69, 9.17) is 9.47 Å². The van der Waals surface area contributed by atoms with Crippen LogP contribution in [0, 0.1) is 0 Å². The first-order valence-corrected chi connectivity index (χ1v) is 7.99. The first-order valence-electron chi connectivity index (χ1n) is 7.99. The minimum Gasteiger partial charge on any atom is -0.497 e. The molecule has 1 aliphatic heterocycles. The number of ether oxygens (including phenoxy) is 2. The van der Waals surface area contributed by atoms with Gasteiger partial charge in [0.15, 0.2) is 0 Å². The van der Waals surface area contributed by atoms with Crippen molar-refractivity contribution in [3.8, 4) is 11.5 Å². The normalized spacial score (nSPS) is 18.2. The van der Waals surface area contributed by atoms with Gasteiger partial charge in [-0.2, -0.15) is 0 Å². The highest BCUT2D eigenvalue weighted by atomic mass is 16.5. The van der Waals surface area contributed by atoms with Crippen LogP contribution in [-0.2, 0) is 0 Å². The standard InChI is InChI=1S/C17H28N2O3/c1-13(16-7-6-15(21-2)10-17(16)22-3)18-11-14(20)12-19-8-4-5-9-19/h6-7,10,13-14,18,20H,4-5,8-9,11-12H2,1-3H3. The Morgan fingerprint density at radius 3 is 2.59 bits per heavy atom. The first-order chi connectivity index (χ1) is 10.6. The fourth-order valence-electron chi connectivity index (χ4n) is 2.93. The quantitative estimate of drug-likeness (QED) is 0.767. The number of methoxy groups -OCH3 is 2. The lowest BCUT2D eigenvalue weighted by atomic mass is 10.1. The van der Waals surface area contributed by atoms with Gasteiger partial charge >= 0.3 is 0 Å². The maximum absolute atomic E-state index is 10.2. The summed E-state index contributed by atoms with van der Waals surface area (Å²) in [4.78, 5) is 2.32. The molecule has 0 aromatic heterocycles. The highest BCUT2D eigenvalue weighted by Gasteiger charge is 2.17. The second kappa shape index (κ2) is 8.36. The number of likely N-dealkylation sites (tertiary alicyclic amines) is 1. The minimum absolute atomic E-state index is 0.106. The van der Waals surface area contributed by atoms with Gasteiger partial charge in [-0.1, -0.05) is 6.07 Å². The van der Waals surface area contributed by atoms with E-state index in [1.165, 1.54) is 12.8 Å². The molecule has 1 heterocycles. The van der Waals surface area contributed by atoms with Crippen LogP contribution in [0.4, 0.5) is 0 Å². The van der Waals surface area contributed by atoms with Crippen LogP contribution in [0.25, 0.3) is 0 Å². The van der Waals surface area contributed by atoms with E-state index < -0.39 is 0 Å². The number of rotatable bonds is 8. The lowest BCUT2D eigenvalue weighted by Gasteiger charge is -2.23. The van der Waals surface area contributed by atoms with Crippen molar-refractivity contribution >= 4 is 0 Å². The van der Waals surface area contributed by atoms with Crippen LogP contribution in [0.5, 0.6) is 11.5 Å². The third kappa shape index (κ3) is 4.60. The first kappa shape index (κ1) is 17.1. The van der Waals surface area contributed by atoms with Crippen LogP contribution in [-0.4, -0.2) is 56.5 Å². The SMILES string of the molecule is COc1ccc(C(C)NCC(O)CN2CCCC2)c(OC)c1. The van der Waals surface area contributed by atoms with Crippen molar-refractivity contribution in [1.82, 2.24) is 10.2 Å². The van der Waals surface area contributed by atoms with Crippen LogP contribution in [0.2, 0.25) is 0 Å². The molecule has 1 aromatic carbocycles. The molecule has 5 heteroatoms. The molecule has 1 aliphatic rings. The number of aliphatic hydroxyl groups is 1. The fourth-order valence-corrected chi connectivity index (χ4v) is 2.93. The zero-order chi connectivity index (χ0) is 15.9. The van der Waals surface area contributed by atoms with Gasteiger partial charge in [-0.3, -0.25) is 0 Å². The van der Waals surface area contributed by atoms with Crippen molar-refractivity contribution in [3.63, 3.8) is 0 Å². The Hall–Kier alpha value is -1.30. The van der Waals surface area contributed by atoms with Gasteiger partial charge in [-0.15, -0.1) is 0 Å². The van der Waals surface area contributed by atoms with Crippen LogP contribution in [0.15, 0.2) is 18.2 Å². The van der Waals surface area contributed by atoms with Crippen molar-refractivity contribution in [2.45, 2.75) is 31.9 Å². The smallest absolute Gasteiger partial charge is 0.127 e. The van der Waals surface area contributed by atoms with Crippen LogP contribution >= 0.6 is 0 Å². The summed E-state index contributed by atoms with van der Waals surface area (Å²) < 4.78 is 10.7. The summed E-state index contributed by atoms with van der Waals surface area (Å²) in [6.07, 6.45) is 2.16. The number of hydrogen-bond donors (Lipinski definition) is 2. The summed E-state index contributed by atoms with van der Waals surface area (Å²) in [5, 5.41) is 13.5. The highest BCUT2D eigenvalue weighted by molar-refractivity contribution is 5.42. The molecule has 1 aromatic rings. The van der Waals surface area contributed by atoms with Gasteiger partial charge in [-0.05, 0) is 38.9 Å². The average Bonchev–Trinajstić information content (AvgIpc) is 3.04. The van der Waals surface area contributed by atoms with E-state index in [9.17, 15) is 5.11 Å². The zero-order valence-corrected chi connectivity index (χ0v) is 13.8. The number of β-amino-alcohol motifs (C(OH)–C–C–N with tert-alkyl or cyclic N) is 1. The average molecular weight is 308 g/mol. The van der Waals surface area contributed by atoms with Gasteiger partial charge < -0.3 is 24.8 Å². The molecule has 1 saturated heterocycles. The summed E-state index contributed by atoms with van der Waals surface area (Å²) in [5.74, 6) is 1.58. The summed E-state index contributed by atoms with van der Waals surface area (Å²) in [7, 11) is 3.30. The molecule has 124 valence electrons. The molecule has 22 heavy (non-hydrogen) atoms. The third-order valence-electron chi connectivity index (χ3n) is 4.23. The highest BCUT2D eigenvalue weighted by Crippen LogP contribution is 2.29. The molecule has 0 aliphatic carbocycles. The summed E-state index contributed by atoms with van der Waals surface area (Å²) >= 11 is 0. The van der Waals surface area contributed by atoms with E-state index >= 15 is 0 Å². The van der Waals surface area contributed by atoms with Gasteiger partial charge in [0.1, 0.15) is 11.5 Å². The molecule has 5 nitrogen and oxygen atoms in total. The monoisotopic (exact) mass is 308 g/mol. The lowest BCUT2D eigenvalue weighted by molar-refractivity contribution is 0.121. The van der Waals surface area contributed by atoms with E-state index in [2.05, 4.69) is 17.1 Å². The molecule has 0 saturated carbocycles. The predicted octanol–water partition coefficient (Wildman–Crippen LogP) is 1.81.